The van der Waals surface area contributed by atoms with E-state index in [0.29, 0.717) is 17.3 Å². The lowest BCUT2D eigenvalue weighted by atomic mass is 10.2. The van der Waals surface area contributed by atoms with E-state index in [1.165, 1.54) is 0 Å². The molecule has 9 heteroatoms. The van der Waals surface area contributed by atoms with E-state index in [4.69, 9.17) is 5.84 Å². The molecule has 2 aromatic rings. The molecule has 0 aromatic carbocycles. The van der Waals surface area contributed by atoms with Gasteiger partial charge in [-0.25, -0.2) is 15.8 Å². The van der Waals surface area contributed by atoms with Crippen LogP contribution in [0.1, 0.15) is 6.92 Å². The van der Waals surface area contributed by atoms with Gasteiger partial charge in [0.1, 0.15) is 6.04 Å². The van der Waals surface area contributed by atoms with E-state index in [9.17, 15) is 9.59 Å². The second kappa shape index (κ2) is 4.46. The Labute approximate surface area is 113 Å². The molecule has 1 aliphatic heterocycles. The molecule has 2 aromatic heterocycles. The Bertz CT molecular complexity index is 695. The smallest absolute Gasteiger partial charge is 0.249 e. The molecule has 2 amide bonds. The molecule has 1 saturated heterocycles. The predicted octanol–water partition coefficient (Wildman–Crippen LogP) is -1.13. The molecule has 3 rings (SSSR count). The van der Waals surface area contributed by atoms with E-state index in [2.05, 4.69) is 20.7 Å². The normalized spacial score (nSPS) is 19.3. The first-order chi connectivity index (χ1) is 9.60. The molecule has 1 atom stereocenters. The third kappa shape index (κ3) is 1.84. The minimum Gasteiger partial charge on any atom is -0.332 e. The number of nitrogens with two attached hydrogens (primary N) is 1. The number of imidazole rings is 1. The van der Waals surface area contributed by atoms with E-state index >= 15 is 0 Å². The summed E-state index contributed by atoms with van der Waals surface area (Å²) in [5.41, 5.74) is 3.01. The van der Waals surface area contributed by atoms with Gasteiger partial charge in [-0.3, -0.25) is 14.9 Å². The first-order valence-corrected chi connectivity index (χ1v) is 6.01. The molecule has 104 valence electrons. The highest BCUT2D eigenvalue weighted by Gasteiger charge is 2.32. The maximum Gasteiger partial charge on any atom is 0.249 e. The molecular formula is C11H13N7O2. The number of nitrogens with zero attached hydrogens (tertiary/aromatic N) is 4. The van der Waals surface area contributed by atoms with Crippen molar-refractivity contribution in [3.63, 3.8) is 0 Å². The highest BCUT2D eigenvalue weighted by molar-refractivity contribution is 6.04. The van der Waals surface area contributed by atoms with Crippen molar-refractivity contribution < 1.29 is 9.59 Å². The van der Waals surface area contributed by atoms with Crippen molar-refractivity contribution in [3.8, 4) is 0 Å². The lowest BCUT2D eigenvalue weighted by Crippen LogP contribution is -2.57. The Morgan fingerprint density at radius 2 is 2.30 bits per heavy atom. The summed E-state index contributed by atoms with van der Waals surface area (Å²) in [4.78, 5) is 33.4. The van der Waals surface area contributed by atoms with Gasteiger partial charge in [-0.05, 0) is 6.92 Å². The van der Waals surface area contributed by atoms with Crippen molar-refractivity contribution in [3.05, 3.63) is 18.6 Å². The number of carbonyl (C=O) groups is 2. The number of aromatic nitrogens is 3. The van der Waals surface area contributed by atoms with Crippen LogP contribution in [0, 0.1) is 0 Å². The first-order valence-electron chi connectivity index (χ1n) is 6.01. The number of hydrogen-bond donors (Lipinski definition) is 3. The number of fused-ring (bicyclic) bond motifs is 1. The zero-order chi connectivity index (χ0) is 14.3. The van der Waals surface area contributed by atoms with Crippen LogP contribution in [0.15, 0.2) is 18.6 Å². The maximum atomic E-state index is 11.7. The number of nitrogen functional groups attached to an aromatic ring is 1. The monoisotopic (exact) mass is 275 g/mol. The fraction of sp³-hybridized carbons (Fsp3) is 0.273. The van der Waals surface area contributed by atoms with Crippen molar-refractivity contribution in [2.24, 2.45) is 5.84 Å². The fourth-order valence-electron chi connectivity index (χ4n) is 2.15. The van der Waals surface area contributed by atoms with Crippen molar-refractivity contribution in [2.75, 3.05) is 16.9 Å². The molecule has 1 unspecified atom stereocenters. The molecular weight excluding hydrogens is 262 g/mol. The minimum absolute atomic E-state index is 0.0381. The van der Waals surface area contributed by atoms with E-state index in [0.717, 1.165) is 0 Å². The lowest BCUT2D eigenvalue weighted by molar-refractivity contribution is -0.132. The predicted molar refractivity (Wildman–Crippen MR) is 70.8 cm³/mol. The highest BCUT2D eigenvalue weighted by Crippen LogP contribution is 2.23. The SMILES string of the molecule is CC1C(=O)NC(=O)CN1c1nc(NN)cn2ccnc12. The molecule has 0 radical (unpaired) electrons. The third-order valence-corrected chi connectivity index (χ3v) is 3.20. The molecule has 3 heterocycles. The van der Waals surface area contributed by atoms with Crippen LogP contribution in [-0.4, -0.2) is 38.8 Å². The van der Waals surface area contributed by atoms with Crippen LogP contribution in [-0.2, 0) is 9.59 Å². The number of anilines is 2. The fourth-order valence-corrected chi connectivity index (χ4v) is 2.15. The summed E-state index contributed by atoms with van der Waals surface area (Å²) in [5, 5.41) is 2.28. The average molecular weight is 275 g/mol. The Kier molecular flexibility index (Phi) is 2.75. The van der Waals surface area contributed by atoms with E-state index in [1.54, 1.807) is 34.8 Å². The molecule has 1 aliphatic rings. The van der Waals surface area contributed by atoms with Gasteiger partial charge in [0.2, 0.25) is 11.8 Å². The Morgan fingerprint density at radius 1 is 1.50 bits per heavy atom. The van der Waals surface area contributed by atoms with Gasteiger partial charge in [0.25, 0.3) is 0 Å². The summed E-state index contributed by atoms with van der Waals surface area (Å²) >= 11 is 0. The molecule has 4 N–H and O–H groups in total. The van der Waals surface area contributed by atoms with Crippen molar-refractivity contribution in [1.82, 2.24) is 19.7 Å². The van der Waals surface area contributed by atoms with Gasteiger partial charge >= 0.3 is 0 Å². The van der Waals surface area contributed by atoms with Crippen LogP contribution in [0.4, 0.5) is 11.6 Å². The first kappa shape index (κ1) is 12.4. The van der Waals surface area contributed by atoms with Gasteiger partial charge in [0.05, 0.1) is 12.7 Å². The van der Waals surface area contributed by atoms with E-state index in [-0.39, 0.29) is 18.4 Å². The molecule has 0 bridgehead atoms. The molecule has 0 spiro atoms. The van der Waals surface area contributed by atoms with Gasteiger partial charge in [-0.2, -0.15) is 0 Å². The average Bonchev–Trinajstić information content (AvgIpc) is 2.90. The number of rotatable bonds is 2. The second-order valence-corrected chi connectivity index (χ2v) is 4.47. The summed E-state index contributed by atoms with van der Waals surface area (Å²) in [6.45, 7) is 1.74. The largest absolute Gasteiger partial charge is 0.332 e. The Morgan fingerprint density at radius 3 is 3.05 bits per heavy atom. The number of imide groups is 1. The van der Waals surface area contributed by atoms with Crippen LogP contribution in [0.5, 0.6) is 0 Å². The summed E-state index contributed by atoms with van der Waals surface area (Å²) < 4.78 is 1.72. The third-order valence-electron chi connectivity index (χ3n) is 3.20. The van der Waals surface area contributed by atoms with Crippen molar-refractivity contribution in [1.29, 1.82) is 0 Å². The lowest BCUT2D eigenvalue weighted by Gasteiger charge is -2.32. The standard InChI is InChI=1S/C11H13N7O2/c1-6-11(20)15-8(19)5-18(6)10-9-13-2-3-17(9)4-7(14-10)16-12/h2-4,6,16H,5,12H2,1H3,(H,15,19,20). The number of amides is 2. The van der Waals surface area contributed by atoms with Crippen LogP contribution in [0.2, 0.25) is 0 Å². The molecule has 0 aliphatic carbocycles. The van der Waals surface area contributed by atoms with Gasteiger partial charge < -0.3 is 14.7 Å². The highest BCUT2D eigenvalue weighted by atomic mass is 16.2. The van der Waals surface area contributed by atoms with Gasteiger partial charge in [0.15, 0.2) is 17.3 Å². The number of carbonyl (C=O) groups excluding carboxylic acids is 2. The van der Waals surface area contributed by atoms with Crippen LogP contribution < -0.4 is 21.5 Å². The van der Waals surface area contributed by atoms with Crippen LogP contribution in [0.25, 0.3) is 5.65 Å². The van der Waals surface area contributed by atoms with Crippen molar-refractivity contribution in [2.45, 2.75) is 13.0 Å². The van der Waals surface area contributed by atoms with Crippen molar-refractivity contribution >= 4 is 29.1 Å². The van der Waals surface area contributed by atoms with Gasteiger partial charge in [-0.1, -0.05) is 0 Å². The Balaban J connectivity index is 2.14. The quantitative estimate of drug-likeness (QED) is 0.360. The number of nitrogens with one attached hydrogen (secondary N) is 2. The summed E-state index contributed by atoms with van der Waals surface area (Å²) in [7, 11) is 0. The molecule has 1 fully saturated rings. The summed E-state index contributed by atoms with van der Waals surface area (Å²) in [5.74, 6) is 5.50. The number of hydrogen-bond acceptors (Lipinski definition) is 7. The molecule has 0 saturated carbocycles. The Hall–Kier alpha value is -2.68. The maximum absolute atomic E-state index is 11.7. The van der Waals surface area contributed by atoms with Gasteiger partial charge in [-0.15, -0.1) is 0 Å². The van der Waals surface area contributed by atoms with Crippen LogP contribution >= 0.6 is 0 Å². The molecule has 9 nitrogen and oxygen atoms in total. The molecule has 20 heavy (non-hydrogen) atoms. The summed E-state index contributed by atoms with van der Waals surface area (Å²) in [6.07, 6.45) is 5.01. The zero-order valence-corrected chi connectivity index (χ0v) is 10.7. The second-order valence-electron chi connectivity index (χ2n) is 4.47. The summed E-state index contributed by atoms with van der Waals surface area (Å²) in [6, 6.07) is -0.520. The van der Waals surface area contributed by atoms with E-state index in [1.807, 2.05) is 0 Å². The van der Waals surface area contributed by atoms with E-state index < -0.39 is 6.04 Å². The number of piperazine rings is 1. The van der Waals surface area contributed by atoms with Crippen LogP contribution in [0.3, 0.4) is 0 Å². The topological polar surface area (TPSA) is 118 Å². The van der Waals surface area contributed by atoms with Gasteiger partial charge in [0, 0.05) is 12.4 Å². The minimum atomic E-state index is -0.520. The number of hydrazine groups is 1. The zero-order valence-electron chi connectivity index (χ0n) is 10.7.